The Kier molecular flexibility index (Phi) is 4.45. The Morgan fingerprint density at radius 1 is 1.41 bits per heavy atom. The second-order valence-electron chi connectivity index (χ2n) is 4.80. The van der Waals surface area contributed by atoms with Crippen LogP contribution in [0.1, 0.15) is 5.82 Å². The van der Waals surface area contributed by atoms with Crippen molar-refractivity contribution in [1.29, 1.82) is 0 Å². The van der Waals surface area contributed by atoms with Crippen molar-refractivity contribution in [3.63, 3.8) is 0 Å². The van der Waals surface area contributed by atoms with E-state index >= 15 is 0 Å². The summed E-state index contributed by atoms with van der Waals surface area (Å²) in [6, 6.07) is 3.76. The minimum Gasteiger partial charge on any atom is -0.382 e. The number of sulfone groups is 1. The third kappa shape index (κ3) is 3.61. The highest BCUT2D eigenvalue weighted by molar-refractivity contribution is 7.90. The summed E-state index contributed by atoms with van der Waals surface area (Å²) in [5.41, 5.74) is 0.0993. The Balaban J connectivity index is 2.20. The minimum atomic E-state index is -3.57. The lowest BCUT2D eigenvalue weighted by molar-refractivity contribution is -0.385. The van der Waals surface area contributed by atoms with Gasteiger partial charge < -0.3 is 9.88 Å². The van der Waals surface area contributed by atoms with Gasteiger partial charge in [0.2, 0.25) is 0 Å². The van der Waals surface area contributed by atoms with Gasteiger partial charge in [0.15, 0.2) is 9.84 Å². The number of hydrogen-bond donors (Lipinski definition) is 1. The van der Waals surface area contributed by atoms with Crippen LogP contribution in [-0.4, -0.2) is 35.7 Å². The number of benzene rings is 1. The highest BCUT2D eigenvalue weighted by atomic mass is 32.2. The van der Waals surface area contributed by atoms with E-state index in [-0.39, 0.29) is 10.6 Å². The Morgan fingerprint density at radius 3 is 2.68 bits per heavy atom. The smallest absolute Gasteiger partial charge is 0.270 e. The average Bonchev–Trinajstić information content (AvgIpc) is 2.83. The molecule has 1 N–H and O–H groups in total. The van der Waals surface area contributed by atoms with Crippen molar-refractivity contribution in [2.75, 3.05) is 18.1 Å². The molecular formula is C13H16N4O4S. The van der Waals surface area contributed by atoms with Crippen LogP contribution < -0.4 is 5.32 Å². The molecule has 0 saturated carbocycles. The number of non-ortho nitro benzene ring substituents is 1. The molecule has 0 aliphatic rings. The van der Waals surface area contributed by atoms with Gasteiger partial charge in [-0.25, -0.2) is 13.4 Å². The summed E-state index contributed by atoms with van der Waals surface area (Å²) in [4.78, 5) is 14.2. The lowest BCUT2D eigenvalue weighted by Crippen LogP contribution is -2.13. The first kappa shape index (κ1) is 16.0. The van der Waals surface area contributed by atoms with Crippen LogP contribution >= 0.6 is 0 Å². The predicted octanol–water partition coefficient (Wildman–Crippen LogP) is 1.62. The molecule has 0 unspecified atom stereocenters. The molecule has 0 amide bonds. The largest absolute Gasteiger partial charge is 0.382 e. The molecule has 0 radical (unpaired) electrons. The molecule has 0 fully saturated rings. The quantitative estimate of drug-likeness (QED) is 0.639. The number of hydrogen-bond acceptors (Lipinski definition) is 6. The van der Waals surface area contributed by atoms with Crippen LogP contribution in [0.2, 0.25) is 0 Å². The van der Waals surface area contributed by atoms with Crippen LogP contribution in [0.15, 0.2) is 35.5 Å². The molecule has 0 aliphatic heterocycles. The van der Waals surface area contributed by atoms with Gasteiger partial charge in [0.05, 0.1) is 15.5 Å². The molecular weight excluding hydrogens is 308 g/mol. The number of anilines is 1. The number of nitrogens with one attached hydrogen (secondary N) is 1. The maximum Gasteiger partial charge on any atom is 0.270 e. The molecule has 2 aromatic rings. The first-order valence-corrected chi connectivity index (χ1v) is 8.38. The fourth-order valence-electron chi connectivity index (χ4n) is 2.03. The van der Waals surface area contributed by atoms with E-state index in [1.54, 1.807) is 6.20 Å². The fourth-order valence-corrected chi connectivity index (χ4v) is 2.90. The van der Waals surface area contributed by atoms with Crippen molar-refractivity contribution in [2.24, 2.45) is 0 Å². The number of imidazole rings is 1. The van der Waals surface area contributed by atoms with Gasteiger partial charge in [0, 0.05) is 43.9 Å². The summed E-state index contributed by atoms with van der Waals surface area (Å²) in [6.45, 7) is 2.94. The Morgan fingerprint density at radius 2 is 2.14 bits per heavy atom. The molecule has 0 spiro atoms. The summed E-state index contributed by atoms with van der Waals surface area (Å²) in [6.07, 6.45) is 4.53. The first-order valence-electron chi connectivity index (χ1n) is 6.49. The number of nitro groups is 1. The van der Waals surface area contributed by atoms with Crippen LogP contribution in [0.3, 0.4) is 0 Å². The lowest BCUT2D eigenvalue weighted by atomic mass is 10.3. The van der Waals surface area contributed by atoms with Crippen molar-refractivity contribution in [3.8, 4) is 0 Å². The summed E-state index contributed by atoms with van der Waals surface area (Å²) < 4.78 is 25.5. The van der Waals surface area contributed by atoms with E-state index in [1.165, 1.54) is 12.1 Å². The summed E-state index contributed by atoms with van der Waals surface area (Å²) in [7, 11) is -3.57. The SMILES string of the molecule is Cc1nccn1CCNc1ccc([N+](=O)[O-])cc1S(C)(=O)=O. The highest BCUT2D eigenvalue weighted by Crippen LogP contribution is 2.26. The van der Waals surface area contributed by atoms with Crippen LogP contribution in [0.25, 0.3) is 0 Å². The van der Waals surface area contributed by atoms with E-state index in [2.05, 4.69) is 10.3 Å². The standard InChI is InChI=1S/C13H16N4O4S/c1-10-14-5-7-16(10)8-6-15-12-4-3-11(17(18)19)9-13(12)22(2,20)21/h3-5,7,9,15H,6,8H2,1-2H3. The minimum absolute atomic E-state index is 0.0796. The van der Waals surface area contributed by atoms with Crippen LogP contribution in [0.4, 0.5) is 11.4 Å². The Hall–Kier alpha value is -2.42. The number of nitrogens with zero attached hydrogens (tertiary/aromatic N) is 3. The molecule has 0 saturated heterocycles. The molecule has 1 aromatic heterocycles. The molecule has 118 valence electrons. The van der Waals surface area contributed by atoms with Gasteiger partial charge in [-0.05, 0) is 13.0 Å². The van der Waals surface area contributed by atoms with Crippen LogP contribution in [-0.2, 0) is 16.4 Å². The maximum atomic E-state index is 11.8. The van der Waals surface area contributed by atoms with Crippen molar-refractivity contribution in [2.45, 2.75) is 18.4 Å². The normalized spacial score (nSPS) is 11.4. The number of nitro benzene ring substituents is 1. The van der Waals surface area contributed by atoms with Crippen molar-refractivity contribution < 1.29 is 13.3 Å². The first-order chi connectivity index (χ1) is 10.3. The Bertz CT molecular complexity index is 798. The molecule has 9 heteroatoms. The summed E-state index contributed by atoms with van der Waals surface area (Å²) >= 11 is 0. The average molecular weight is 324 g/mol. The molecule has 22 heavy (non-hydrogen) atoms. The highest BCUT2D eigenvalue weighted by Gasteiger charge is 2.18. The molecule has 1 heterocycles. The van der Waals surface area contributed by atoms with Gasteiger partial charge >= 0.3 is 0 Å². The number of aromatic nitrogens is 2. The molecule has 0 aliphatic carbocycles. The van der Waals surface area contributed by atoms with E-state index in [9.17, 15) is 18.5 Å². The zero-order chi connectivity index (χ0) is 16.3. The van der Waals surface area contributed by atoms with Crippen molar-refractivity contribution in [3.05, 3.63) is 46.5 Å². The number of aryl methyl sites for hydroxylation is 1. The van der Waals surface area contributed by atoms with Gasteiger partial charge in [-0.2, -0.15) is 0 Å². The zero-order valence-electron chi connectivity index (χ0n) is 12.2. The third-order valence-electron chi connectivity index (χ3n) is 3.17. The second kappa shape index (κ2) is 6.14. The van der Waals surface area contributed by atoms with Crippen molar-refractivity contribution in [1.82, 2.24) is 9.55 Å². The van der Waals surface area contributed by atoms with E-state index in [0.717, 1.165) is 18.1 Å². The molecule has 8 nitrogen and oxygen atoms in total. The van der Waals surface area contributed by atoms with Gasteiger partial charge in [0.1, 0.15) is 5.82 Å². The monoisotopic (exact) mass is 324 g/mol. The topological polar surface area (TPSA) is 107 Å². The fraction of sp³-hybridized carbons (Fsp3) is 0.308. The molecule has 1 aromatic carbocycles. The lowest BCUT2D eigenvalue weighted by Gasteiger charge is -2.11. The van der Waals surface area contributed by atoms with Gasteiger partial charge in [-0.3, -0.25) is 10.1 Å². The third-order valence-corrected chi connectivity index (χ3v) is 4.30. The van der Waals surface area contributed by atoms with Crippen LogP contribution in [0.5, 0.6) is 0 Å². The zero-order valence-corrected chi connectivity index (χ0v) is 13.0. The van der Waals surface area contributed by atoms with E-state index < -0.39 is 14.8 Å². The van der Waals surface area contributed by atoms with Gasteiger partial charge in [-0.15, -0.1) is 0 Å². The van der Waals surface area contributed by atoms with E-state index in [1.807, 2.05) is 17.7 Å². The van der Waals surface area contributed by atoms with E-state index in [0.29, 0.717) is 18.8 Å². The summed E-state index contributed by atoms with van der Waals surface area (Å²) in [5, 5.41) is 13.8. The Labute approximate surface area is 127 Å². The second-order valence-corrected chi connectivity index (χ2v) is 6.79. The maximum absolute atomic E-state index is 11.8. The molecule has 0 bridgehead atoms. The van der Waals surface area contributed by atoms with Gasteiger partial charge in [-0.1, -0.05) is 0 Å². The summed E-state index contributed by atoms with van der Waals surface area (Å²) in [5.74, 6) is 0.855. The van der Waals surface area contributed by atoms with Crippen LogP contribution in [0, 0.1) is 17.0 Å². The van der Waals surface area contributed by atoms with Crippen molar-refractivity contribution >= 4 is 21.2 Å². The predicted molar refractivity (Wildman–Crippen MR) is 81.7 cm³/mol. The number of rotatable bonds is 6. The molecule has 0 atom stereocenters. The van der Waals surface area contributed by atoms with E-state index in [4.69, 9.17) is 0 Å². The van der Waals surface area contributed by atoms with Gasteiger partial charge in [0.25, 0.3) is 5.69 Å². The molecule has 2 rings (SSSR count).